The number of hydrogen-bond donors (Lipinski definition) is 1. The average molecular weight is 353 g/mol. The SMILES string of the molecule is CC(C)OCc1ccc(C(=O)N(C)C2CC3CCC(C2)N3)cc1.Cl. The first-order valence-electron chi connectivity index (χ1n) is 8.76. The summed E-state index contributed by atoms with van der Waals surface area (Å²) in [5.74, 6) is 0.132. The molecule has 2 unspecified atom stereocenters. The number of amides is 1. The van der Waals surface area contributed by atoms with Crippen molar-refractivity contribution < 1.29 is 9.53 Å². The molecule has 2 aliphatic rings. The molecule has 1 aromatic carbocycles. The summed E-state index contributed by atoms with van der Waals surface area (Å²) >= 11 is 0. The normalized spacial score (nSPS) is 25.4. The van der Waals surface area contributed by atoms with Gasteiger partial charge in [0.25, 0.3) is 5.91 Å². The van der Waals surface area contributed by atoms with Crippen LogP contribution in [0.15, 0.2) is 24.3 Å². The van der Waals surface area contributed by atoms with Crippen molar-refractivity contribution in [2.45, 2.75) is 70.4 Å². The van der Waals surface area contributed by atoms with Crippen LogP contribution in [-0.4, -0.2) is 42.1 Å². The minimum absolute atomic E-state index is 0. The zero-order valence-electron chi connectivity index (χ0n) is 14.8. The van der Waals surface area contributed by atoms with Gasteiger partial charge in [0.15, 0.2) is 0 Å². The number of piperidine rings is 1. The number of halogens is 1. The summed E-state index contributed by atoms with van der Waals surface area (Å²) in [6.45, 7) is 4.65. The lowest BCUT2D eigenvalue weighted by Crippen LogP contribution is -2.48. The molecule has 5 heteroatoms. The molecule has 0 aromatic heterocycles. The van der Waals surface area contributed by atoms with Gasteiger partial charge in [-0.1, -0.05) is 12.1 Å². The van der Waals surface area contributed by atoms with Crippen molar-refractivity contribution in [3.05, 3.63) is 35.4 Å². The summed E-state index contributed by atoms with van der Waals surface area (Å²) in [7, 11) is 1.95. The molecule has 0 spiro atoms. The number of nitrogens with one attached hydrogen (secondary N) is 1. The van der Waals surface area contributed by atoms with Crippen LogP contribution in [0.5, 0.6) is 0 Å². The van der Waals surface area contributed by atoms with Gasteiger partial charge in [0.05, 0.1) is 12.7 Å². The lowest BCUT2D eigenvalue weighted by molar-refractivity contribution is 0.0652. The predicted octanol–water partition coefficient (Wildman–Crippen LogP) is 3.39. The Morgan fingerprint density at radius 2 is 1.79 bits per heavy atom. The molecule has 1 amide bonds. The van der Waals surface area contributed by atoms with Gasteiger partial charge in [-0.15, -0.1) is 12.4 Å². The fourth-order valence-corrected chi connectivity index (χ4v) is 3.72. The number of carbonyl (C=O) groups is 1. The third-order valence-electron chi connectivity index (χ3n) is 5.10. The number of nitrogens with zero attached hydrogens (tertiary/aromatic N) is 1. The first-order chi connectivity index (χ1) is 11.0. The van der Waals surface area contributed by atoms with E-state index in [1.165, 1.54) is 12.8 Å². The van der Waals surface area contributed by atoms with Crippen LogP contribution < -0.4 is 5.32 Å². The molecule has 134 valence electrons. The third-order valence-corrected chi connectivity index (χ3v) is 5.10. The van der Waals surface area contributed by atoms with Crippen LogP contribution in [0.25, 0.3) is 0 Å². The number of rotatable bonds is 5. The van der Waals surface area contributed by atoms with Gasteiger partial charge >= 0.3 is 0 Å². The number of benzene rings is 1. The molecular formula is C19H29ClN2O2. The van der Waals surface area contributed by atoms with Gasteiger partial charge in [-0.05, 0) is 57.2 Å². The highest BCUT2D eigenvalue weighted by atomic mass is 35.5. The van der Waals surface area contributed by atoms with Crippen molar-refractivity contribution in [1.29, 1.82) is 0 Å². The maximum Gasteiger partial charge on any atom is 0.253 e. The maximum atomic E-state index is 12.7. The second-order valence-electron chi connectivity index (χ2n) is 7.24. The number of fused-ring (bicyclic) bond motifs is 2. The monoisotopic (exact) mass is 352 g/mol. The van der Waals surface area contributed by atoms with Crippen LogP contribution in [0.1, 0.15) is 55.5 Å². The van der Waals surface area contributed by atoms with Crippen LogP contribution in [0.2, 0.25) is 0 Å². The average Bonchev–Trinajstić information content (AvgIpc) is 2.90. The quantitative estimate of drug-likeness (QED) is 0.883. The van der Waals surface area contributed by atoms with Crippen molar-refractivity contribution in [3.8, 4) is 0 Å². The maximum absolute atomic E-state index is 12.7. The molecule has 0 saturated carbocycles. The van der Waals surface area contributed by atoms with Crippen LogP contribution in [0.3, 0.4) is 0 Å². The minimum Gasteiger partial charge on any atom is -0.374 e. The Kier molecular flexibility index (Phi) is 6.67. The Balaban J connectivity index is 0.00000208. The molecule has 2 fully saturated rings. The Bertz CT molecular complexity index is 535. The predicted molar refractivity (Wildman–Crippen MR) is 98.7 cm³/mol. The second kappa shape index (κ2) is 8.32. The summed E-state index contributed by atoms with van der Waals surface area (Å²) in [6, 6.07) is 9.41. The van der Waals surface area contributed by atoms with Gasteiger partial charge in [-0.25, -0.2) is 0 Å². The van der Waals surface area contributed by atoms with E-state index < -0.39 is 0 Å². The Hall–Kier alpha value is -1.10. The molecule has 3 rings (SSSR count). The number of hydrogen-bond acceptors (Lipinski definition) is 3. The largest absolute Gasteiger partial charge is 0.374 e. The number of carbonyl (C=O) groups excluding carboxylic acids is 1. The van der Waals surface area contributed by atoms with Gasteiger partial charge in [0.1, 0.15) is 0 Å². The Morgan fingerprint density at radius 1 is 1.21 bits per heavy atom. The van der Waals surface area contributed by atoms with E-state index in [1.54, 1.807) is 0 Å². The van der Waals surface area contributed by atoms with Gasteiger partial charge in [0, 0.05) is 30.7 Å². The molecular weight excluding hydrogens is 324 g/mol. The van der Waals surface area contributed by atoms with Crippen LogP contribution in [0, 0.1) is 0 Å². The zero-order valence-corrected chi connectivity index (χ0v) is 15.6. The molecule has 24 heavy (non-hydrogen) atoms. The molecule has 2 heterocycles. The number of ether oxygens (including phenoxy) is 1. The first-order valence-corrected chi connectivity index (χ1v) is 8.76. The molecule has 1 N–H and O–H groups in total. The van der Waals surface area contributed by atoms with Gasteiger partial charge in [0.2, 0.25) is 0 Å². The van der Waals surface area contributed by atoms with Gasteiger partial charge < -0.3 is 15.0 Å². The second-order valence-corrected chi connectivity index (χ2v) is 7.24. The summed E-state index contributed by atoms with van der Waals surface area (Å²) in [4.78, 5) is 14.7. The minimum atomic E-state index is 0. The highest BCUT2D eigenvalue weighted by Crippen LogP contribution is 2.29. The van der Waals surface area contributed by atoms with Crippen molar-refractivity contribution >= 4 is 18.3 Å². The molecule has 1 aromatic rings. The van der Waals surface area contributed by atoms with Gasteiger partial charge in [-0.3, -0.25) is 4.79 Å². The fourth-order valence-electron chi connectivity index (χ4n) is 3.72. The van der Waals surface area contributed by atoms with E-state index >= 15 is 0 Å². The Labute approximate surface area is 151 Å². The van der Waals surface area contributed by atoms with E-state index in [-0.39, 0.29) is 24.4 Å². The first kappa shape index (κ1) is 19.2. The highest BCUT2D eigenvalue weighted by Gasteiger charge is 2.36. The summed E-state index contributed by atoms with van der Waals surface area (Å²) < 4.78 is 5.60. The molecule has 2 bridgehead atoms. The fraction of sp³-hybridized carbons (Fsp3) is 0.632. The molecule has 4 nitrogen and oxygen atoms in total. The smallest absolute Gasteiger partial charge is 0.253 e. The van der Waals surface area contributed by atoms with E-state index in [1.807, 2.05) is 50.1 Å². The summed E-state index contributed by atoms with van der Waals surface area (Å²) in [5, 5.41) is 3.63. The zero-order chi connectivity index (χ0) is 16.4. The van der Waals surface area contributed by atoms with E-state index in [9.17, 15) is 4.79 Å². The summed E-state index contributed by atoms with van der Waals surface area (Å²) in [5.41, 5.74) is 1.88. The molecule has 0 aliphatic carbocycles. The standard InChI is InChI=1S/C19H28N2O2.ClH/c1-13(2)23-12-14-4-6-15(7-5-14)19(22)21(3)18-10-16-8-9-17(11-18)20-16;/h4-7,13,16-18,20H,8-12H2,1-3H3;1H. The van der Waals surface area contributed by atoms with Crippen molar-refractivity contribution in [2.75, 3.05) is 7.05 Å². The highest BCUT2D eigenvalue weighted by molar-refractivity contribution is 5.94. The molecule has 2 atom stereocenters. The van der Waals surface area contributed by atoms with Crippen LogP contribution >= 0.6 is 12.4 Å². The summed E-state index contributed by atoms with van der Waals surface area (Å²) in [6.07, 6.45) is 4.90. The Morgan fingerprint density at radius 3 is 2.33 bits per heavy atom. The van der Waals surface area contributed by atoms with Crippen molar-refractivity contribution in [3.63, 3.8) is 0 Å². The van der Waals surface area contributed by atoms with E-state index in [0.29, 0.717) is 24.7 Å². The lowest BCUT2D eigenvalue weighted by atomic mass is 9.98. The third kappa shape index (κ3) is 4.50. The van der Waals surface area contributed by atoms with E-state index in [2.05, 4.69) is 5.32 Å². The van der Waals surface area contributed by atoms with E-state index in [0.717, 1.165) is 24.0 Å². The topological polar surface area (TPSA) is 41.6 Å². The van der Waals surface area contributed by atoms with Crippen molar-refractivity contribution in [2.24, 2.45) is 0 Å². The van der Waals surface area contributed by atoms with E-state index in [4.69, 9.17) is 4.74 Å². The molecule has 2 saturated heterocycles. The van der Waals surface area contributed by atoms with Crippen molar-refractivity contribution in [1.82, 2.24) is 10.2 Å². The van der Waals surface area contributed by atoms with Crippen LogP contribution in [0.4, 0.5) is 0 Å². The molecule has 2 aliphatic heterocycles. The lowest BCUT2D eigenvalue weighted by Gasteiger charge is -2.35. The van der Waals surface area contributed by atoms with Crippen LogP contribution in [-0.2, 0) is 11.3 Å². The van der Waals surface area contributed by atoms with Gasteiger partial charge in [-0.2, -0.15) is 0 Å². The molecule has 0 radical (unpaired) electrons.